The van der Waals surface area contributed by atoms with Gasteiger partial charge in [-0.1, -0.05) is 146 Å². The Morgan fingerprint density at radius 2 is 0.750 bits per heavy atom. The van der Waals surface area contributed by atoms with E-state index in [-0.39, 0.29) is 24.3 Å². The van der Waals surface area contributed by atoms with Crippen molar-refractivity contribution in [2.45, 2.75) is 24.3 Å². The van der Waals surface area contributed by atoms with Crippen molar-refractivity contribution in [3.05, 3.63) is 197 Å². The summed E-state index contributed by atoms with van der Waals surface area (Å²) in [4.78, 5) is 15.8. The van der Waals surface area contributed by atoms with Crippen LogP contribution in [-0.4, -0.2) is 16.8 Å². The maximum absolute atomic E-state index is 6.74. The first kappa shape index (κ1) is 28.2. The summed E-state index contributed by atoms with van der Waals surface area (Å²) >= 11 is 0. The first-order chi connectivity index (χ1) is 23.8. The number of benzene rings is 6. The van der Waals surface area contributed by atoms with Crippen molar-refractivity contribution < 1.29 is 9.47 Å². The molecule has 0 N–H and O–H groups in total. The second-order valence-electron chi connectivity index (χ2n) is 12.2. The van der Waals surface area contributed by atoms with E-state index in [2.05, 4.69) is 103 Å². The fourth-order valence-electron chi connectivity index (χ4n) is 6.90. The third-order valence-electron chi connectivity index (χ3n) is 9.23. The maximum atomic E-state index is 6.74. The van der Waals surface area contributed by atoms with Gasteiger partial charge in [-0.25, -0.2) is 15.0 Å². The highest BCUT2D eigenvalue weighted by molar-refractivity contribution is 6.12. The second kappa shape index (κ2) is 11.9. The molecule has 9 rings (SSSR count). The zero-order valence-corrected chi connectivity index (χ0v) is 26.1. The molecule has 2 aliphatic rings. The molecule has 5 nitrogen and oxygen atoms in total. The zero-order valence-electron chi connectivity index (χ0n) is 26.1. The lowest BCUT2D eigenvalue weighted by atomic mass is 9.97. The van der Waals surface area contributed by atoms with Crippen LogP contribution in [0.5, 0.6) is 0 Å². The van der Waals surface area contributed by atoms with Gasteiger partial charge in [0.15, 0.2) is 12.2 Å². The van der Waals surface area contributed by atoms with Crippen LogP contribution in [0.15, 0.2) is 174 Å². The molecule has 5 heteroatoms. The molecule has 3 heterocycles. The van der Waals surface area contributed by atoms with Crippen LogP contribution in [0, 0.1) is 0 Å². The first-order valence-electron chi connectivity index (χ1n) is 16.3. The minimum Gasteiger partial charge on any atom is -0.467 e. The topological polar surface area (TPSA) is 56.1 Å². The summed E-state index contributed by atoms with van der Waals surface area (Å²) < 4.78 is 13.5. The smallest absolute Gasteiger partial charge is 0.219 e. The molecule has 4 atom stereocenters. The van der Waals surface area contributed by atoms with Crippen molar-refractivity contribution in [3.8, 4) is 0 Å². The molecule has 0 saturated heterocycles. The standard InChI is InChI=1S/C43H31N3O2/c1-5-15-28(16-6-1)38-40(30-19-9-3-10-20-30)47-42(45-38)34-25-13-23-32-27-33-24-14-26-35(37(33)44-36(32)34)43-46-39(29-17-7-2-8-18-29)41(48-43)31-21-11-4-12-22-31/h1-27,38-41H/t38-,39-,40+,41+/m1/s1. The number of fused-ring (bicyclic) bond motifs is 2. The molecule has 2 aliphatic heterocycles. The molecule has 0 spiro atoms. The number of aromatic nitrogens is 1. The van der Waals surface area contributed by atoms with E-state index in [0.29, 0.717) is 11.8 Å². The van der Waals surface area contributed by atoms with Crippen molar-refractivity contribution in [3.63, 3.8) is 0 Å². The Labute approximate surface area is 278 Å². The highest BCUT2D eigenvalue weighted by atomic mass is 16.5. The summed E-state index contributed by atoms with van der Waals surface area (Å²) in [6, 6.07) is 55.6. The van der Waals surface area contributed by atoms with Crippen LogP contribution in [0.4, 0.5) is 0 Å². The van der Waals surface area contributed by atoms with E-state index in [1.165, 1.54) is 0 Å². The van der Waals surface area contributed by atoms with Crippen LogP contribution in [0.25, 0.3) is 21.8 Å². The Morgan fingerprint density at radius 1 is 0.375 bits per heavy atom. The van der Waals surface area contributed by atoms with E-state index in [4.69, 9.17) is 24.4 Å². The molecular formula is C43H31N3O2. The van der Waals surface area contributed by atoms with Crippen molar-refractivity contribution in [2.75, 3.05) is 0 Å². The molecule has 0 bridgehead atoms. The van der Waals surface area contributed by atoms with Crippen LogP contribution in [0.2, 0.25) is 0 Å². The molecule has 0 amide bonds. The molecule has 0 fully saturated rings. The van der Waals surface area contributed by atoms with Gasteiger partial charge in [0.25, 0.3) is 0 Å². The molecular weight excluding hydrogens is 590 g/mol. The molecule has 6 aromatic carbocycles. The Hall–Kier alpha value is -6.07. The highest BCUT2D eigenvalue weighted by Gasteiger charge is 2.36. The predicted octanol–water partition coefficient (Wildman–Crippen LogP) is 9.91. The van der Waals surface area contributed by atoms with Gasteiger partial charge in [-0.15, -0.1) is 0 Å². The van der Waals surface area contributed by atoms with Crippen LogP contribution in [0.1, 0.15) is 57.7 Å². The van der Waals surface area contributed by atoms with Gasteiger partial charge in [0.1, 0.15) is 12.1 Å². The molecule has 230 valence electrons. The van der Waals surface area contributed by atoms with Gasteiger partial charge in [0, 0.05) is 10.8 Å². The zero-order chi connectivity index (χ0) is 31.9. The number of aliphatic imine (C=N–C) groups is 2. The molecule has 0 aliphatic carbocycles. The lowest BCUT2D eigenvalue weighted by Gasteiger charge is -2.19. The summed E-state index contributed by atoms with van der Waals surface area (Å²) in [6.07, 6.45) is -0.498. The van der Waals surface area contributed by atoms with Gasteiger partial charge in [0.2, 0.25) is 11.8 Å². The number of rotatable bonds is 6. The van der Waals surface area contributed by atoms with Crippen LogP contribution >= 0.6 is 0 Å². The SMILES string of the molecule is c1ccc([C@H]2N=C(c3cccc4cc5cccc(C6=N[C@H](c7ccccc7)[C@H](c7ccccc7)O6)c5nc34)O[C@H]2c2ccccc2)cc1. The van der Waals surface area contributed by atoms with Crippen LogP contribution in [0.3, 0.4) is 0 Å². The van der Waals surface area contributed by atoms with Gasteiger partial charge >= 0.3 is 0 Å². The van der Waals surface area contributed by atoms with Crippen molar-refractivity contribution in [2.24, 2.45) is 9.98 Å². The fraction of sp³-hybridized carbons (Fsp3) is 0.0930. The van der Waals surface area contributed by atoms with E-state index in [0.717, 1.165) is 55.2 Å². The maximum Gasteiger partial charge on any atom is 0.219 e. The lowest BCUT2D eigenvalue weighted by Crippen LogP contribution is -2.10. The Morgan fingerprint density at radius 3 is 1.15 bits per heavy atom. The Bertz CT molecular complexity index is 2140. The van der Waals surface area contributed by atoms with Crippen molar-refractivity contribution >= 4 is 33.6 Å². The van der Waals surface area contributed by atoms with Gasteiger partial charge in [-0.05, 0) is 40.5 Å². The summed E-state index contributed by atoms with van der Waals surface area (Å²) in [6.45, 7) is 0. The molecule has 0 radical (unpaired) electrons. The quantitative estimate of drug-likeness (QED) is 0.174. The summed E-state index contributed by atoms with van der Waals surface area (Å²) in [5.74, 6) is 1.19. The Kier molecular flexibility index (Phi) is 7.01. The van der Waals surface area contributed by atoms with E-state index < -0.39 is 0 Å². The first-order valence-corrected chi connectivity index (χ1v) is 16.3. The highest BCUT2D eigenvalue weighted by Crippen LogP contribution is 2.43. The van der Waals surface area contributed by atoms with Gasteiger partial charge in [-0.3, -0.25) is 0 Å². The monoisotopic (exact) mass is 621 g/mol. The minimum atomic E-state index is -0.249. The third kappa shape index (κ3) is 5.01. The van der Waals surface area contributed by atoms with Crippen LogP contribution in [-0.2, 0) is 9.47 Å². The number of hydrogen-bond donors (Lipinski definition) is 0. The van der Waals surface area contributed by atoms with E-state index in [1.54, 1.807) is 0 Å². The number of pyridine rings is 1. The average Bonchev–Trinajstić information content (AvgIpc) is 3.81. The van der Waals surface area contributed by atoms with Crippen molar-refractivity contribution in [1.29, 1.82) is 0 Å². The lowest BCUT2D eigenvalue weighted by molar-refractivity contribution is 0.197. The number of ether oxygens (including phenoxy) is 2. The van der Waals surface area contributed by atoms with E-state index >= 15 is 0 Å². The third-order valence-corrected chi connectivity index (χ3v) is 9.23. The van der Waals surface area contributed by atoms with Crippen LogP contribution < -0.4 is 0 Å². The second-order valence-corrected chi connectivity index (χ2v) is 12.2. The van der Waals surface area contributed by atoms with Gasteiger partial charge in [0.05, 0.1) is 22.2 Å². The average molecular weight is 622 g/mol. The largest absolute Gasteiger partial charge is 0.467 e. The number of nitrogens with zero attached hydrogens (tertiary/aromatic N) is 3. The van der Waals surface area contributed by atoms with Gasteiger partial charge in [-0.2, -0.15) is 0 Å². The summed E-state index contributed by atoms with van der Waals surface area (Å²) in [7, 11) is 0. The molecule has 48 heavy (non-hydrogen) atoms. The predicted molar refractivity (Wildman–Crippen MR) is 191 cm³/mol. The van der Waals surface area contributed by atoms with E-state index in [9.17, 15) is 0 Å². The minimum absolute atomic E-state index is 0.180. The molecule has 7 aromatic rings. The number of para-hydroxylation sites is 2. The van der Waals surface area contributed by atoms with Crippen molar-refractivity contribution in [1.82, 2.24) is 4.98 Å². The van der Waals surface area contributed by atoms with Gasteiger partial charge < -0.3 is 9.47 Å². The normalized spacial score (nSPS) is 20.2. The molecule has 0 unspecified atom stereocenters. The summed E-state index contributed by atoms with van der Waals surface area (Å²) in [5.41, 5.74) is 7.78. The molecule has 1 aromatic heterocycles. The fourth-order valence-corrected chi connectivity index (χ4v) is 6.90. The Balaban J connectivity index is 1.16. The summed E-state index contributed by atoms with van der Waals surface area (Å²) in [5, 5.41) is 2.03. The molecule has 0 saturated carbocycles. The van der Waals surface area contributed by atoms with E-state index in [1.807, 2.05) is 60.7 Å². The number of hydrogen-bond acceptors (Lipinski definition) is 5.